The molecule has 11 heteroatoms. The number of rotatable bonds is 3. The summed E-state index contributed by atoms with van der Waals surface area (Å²) in [5.41, 5.74) is 1.80. The Bertz CT molecular complexity index is 674. The molecule has 0 bridgehead atoms. The summed E-state index contributed by atoms with van der Waals surface area (Å²) in [5, 5.41) is 6.87. The maximum atomic E-state index is 12.6. The van der Waals surface area contributed by atoms with Crippen molar-refractivity contribution in [2.75, 3.05) is 5.32 Å². The molecule has 1 unspecified atom stereocenters. The molecule has 0 aromatic heterocycles. The van der Waals surface area contributed by atoms with Crippen LogP contribution in [0.25, 0.3) is 0 Å². The van der Waals surface area contributed by atoms with Crippen molar-refractivity contribution >= 4 is 37.5 Å². The summed E-state index contributed by atoms with van der Waals surface area (Å²) < 4.78 is 60.1. The van der Waals surface area contributed by atoms with Gasteiger partial charge < -0.3 is 11.1 Å². The molecule has 1 rings (SSSR count). The fourth-order valence-corrected chi connectivity index (χ4v) is 2.32. The van der Waals surface area contributed by atoms with Gasteiger partial charge in [-0.3, -0.25) is 4.79 Å². The van der Waals surface area contributed by atoms with Crippen LogP contribution >= 0.6 is 15.9 Å². The maximum absolute atomic E-state index is 12.6. The third-order valence-corrected chi connectivity index (χ3v) is 4.14. The van der Waals surface area contributed by atoms with Gasteiger partial charge in [-0.05, 0) is 41.1 Å². The smallest absolute Gasteiger partial charge is 0.323 e. The number of carbonyl (C=O) groups excluding carboxylic acids is 1. The van der Waals surface area contributed by atoms with Crippen LogP contribution in [0.2, 0.25) is 0 Å². The predicted molar refractivity (Wildman–Crippen MR) is 72.8 cm³/mol. The number of anilines is 1. The zero-order valence-electron chi connectivity index (χ0n) is 10.5. The number of sulfonamides is 1. The summed E-state index contributed by atoms with van der Waals surface area (Å²) >= 11 is 2.93. The number of nitrogens with one attached hydrogen (secondary N) is 1. The van der Waals surface area contributed by atoms with Crippen LogP contribution in [0.5, 0.6) is 0 Å². The lowest BCUT2D eigenvalue weighted by molar-refractivity contribution is -0.184. The van der Waals surface area contributed by atoms with Gasteiger partial charge in [-0.1, -0.05) is 0 Å². The fourth-order valence-electron chi connectivity index (χ4n) is 1.16. The monoisotopic (exact) mass is 389 g/mol. The van der Waals surface area contributed by atoms with Crippen molar-refractivity contribution in [3.63, 3.8) is 0 Å². The van der Waals surface area contributed by atoms with Crippen molar-refractivity contribution in [3.8, 4) is 0 Å². The Labute approximate surface area is 126 Å². The third kappa shape index (κ3) is 3.93. The van der Waals surface area contributed by atoms with Gasteiger partial charge in [0.05, 0.1) is 10.6 Å². The molecule has 0 saturated heterocycles. The molecule has 0 aliphatic rings. The highest BCUT2D eigenvalue weighted by Gasteiger charge is 2.54. The summed E-state index contributed by atoms with van der Waals surface area (Å²) in [7, 11) is -3.97. The van der Waals surface area contributed by atoms with Gasteiger partial charge in [-0.2, -0.15) is 13.2 Å². The highest BCUT2D eigenvalue weighted by Crippen LogP contribution is 2.31. The highest BCUT2D eigenvalue weighted by atomic mass is 79.9. The standard InChI is InChI=1S/C10H11BrF3N3O3S/c1-9(15,10(12,13)14)8(18)17-7-3-2-5(4-6(7)11)21(16,19)20/h2-4H,15H2,1H3,(H,17,18)(H2,16,19,20). The van der Waals surface area contributed by atoms with E-state index in [9.17, 15) is 26.4 Å². The quantitative estimate of drug-likeness (QED) is 0.722. The summed E-state index contributed by atoms with van der Waals surface area (Å²) in [6.45, 7) is 0.523. The molecule has 0 heterocycles. The van der Waals surface area contributed by atoms with E-state index in [1.165, 1.54) is 0 Å². The SMILES string of the molecule is CC(N)(C(=O)Nc1ccc(S(N)(=O)=O)cc1Br)C(F)(F)F. The first kappa shape index (κ1) is 17.9. The largest absolute Gasteiger partial charge is 0.415 e. The second kappa shape index (κ2) is 5.55. The van der Waals surface area contributed by atoms with E-state index < -0.39 is 27.6 Å². The molecule has 1 atom stereocenters. The summed E-state index contributed by atoms with van der Waals surface area (Å²) in [6.07, 6.45) is -4.94. The molecule has 0 aliphatic heterocycles. The maximum Gasteiger partial charge on any atom is 0.415 e. The minimum atomic E-state index is -4.94. The molecule has 0 fully saturated rings. The Hall–Kier alpha value is -1.17. The molecule has 21 heavy (non-hydrogen) atoms. The molecule has 0 spiro atoms. The normalized spacial score (nSPS) is 15.4. The van der Waals surface area contributed by atoms with Gasteiger partial charge in [0.1, 0.15) is 0 Å². The average Bonchev–Trinajstić information content (AvgIpc) is 2.28. The van der Waals surface area contributed by atoms with Gasteiger partial charge in [-0.15, -0.1) is 0 Å². The summed E-state index contributed by atoms with van der Waals surface area (Å²) in [5.74, 6) is -1.49. The third-order valence-electron chi connectivity index (χ3n) is 2.58. The Balaban J connectivity index is 3.08. The first-order valence-corrected chi connectivity index (χ1v) is 7.60. The van der Waals surface area contributed by atoms with Gasteiger partial charge in [0.25, 0.3) is 5.91 Å². The first-order chi connectivity index (χ1) is 9.26. The number of amides is 1. The average molecular weight is 390 g/mol. The molecule has 0 aliphatic carbocycles. The van der Waals surface area contributed by atoms with E-state index in [4.69, 9.17) is 10.9 Å². The zero-order valence-corrected chi connectivity index (χ0v) is 12.9. The molecule has 1 aromatic rings. The Kier molecular flexibility index (Phi) is 4.73. The highest BCUT2D eigenvalue weighted by molar-refractivity contribution is 9.10. The van der Waals surface area contributed by atoms with Crippen LogP contribution < -0.4 is 16.2 Å². The Morgan fingerprint density at radius 1 is 1.33 bits per heavy atom. The molecular formula is C10H11BrF3N3O3S. The number of halogens is 4. The second-order valence-electron chi connectivity index (χ2n) is 4.34. The van der Waals surface area contributed by atoms with E-state index in [1.54, 1.807) is 0 Å². The lowest BCUT2D eigenvalue weighted by Crippen LogP contribution is -2.59. The van der Waals surface area contributed by atoms with Gasteiger partial charge >= 0.3 is 6.18 Å². The van der Waals surface area contributed by atoms with Crippen LogP contribution in [-0.4, -0.2) is 26.0 Å². The molecular weight excluding hydrogens is 379 g/mol. The van der Waals surface area contributed by atoms with Crippen LogP contribution in [0.3, 0.4) is 0 Å². The first-order valence-electron chi connectivity index (χ1n) is 5.26. The van der Waals surface area contributed by atoms with Crippen molar-refractivity contribution < 1.29 is 26.4 Å². The Morgan fingerprint density at radius 2 is 1.86 bits per heavy atom. The zero-order chi connectivity index (χ0) is 16.6. The van der Waals surface area contributed by atoms with E-state index in [-0.39, 0.29) is 15.1 Å². The molecule has 1 aromatic carbocycles. The number of alkyl halides is 3. The fraction of sp³-hybridized carbons (Fsp3) is 0.300. The van der Waals surface area contributed by atoms with Crippen LogP contribution in [0.15, 0.2) is 27.6 Å². The number of benzene rings is 1. The van der Waals surface area contributed by atoms with Gasteiger partial charge in [0, 0.05) is 4.47 Å². The van der Waals surface area contributed by atoms with Crippen LogP contribution in [0.4, 0.5) is 18.9 Å². The number of primary sulfonamides is 1. The number of carbonyl (C=O) groups is 1. The van der Waals surface area contributed by atoms with E-state index in [2.05, 4.69) is 15.9 Å². The summed E-state index contributed by atoms with van der Waals surface area (Å²) in [4.78, 5) is 11.3. The van der Waals surface area contributed by atoms with Crippen molar-refractivity contribution in [1.82, 2.24) is 0 Å². The topological polar surface area (TPSA) is 115 Å². The lowest BCUT2D eigenvalue weighted by Gasteiger charge is -2.26. The molecule has 6 nitrogen and oxygen atoms in total. The molecule has 5 N–H and O–H groups in total. The van der Waals surface area contributed by atoms with Crippen LogP contribution in [0.1, 0.15) is 6.92 Å². The molecule has 0 radical (unpaired) electrons. The van der Waals surface area contributed by atoms with Crippen molar-refractivity contribution in [2.45, 2.75) is 23.5 Å². The second-order valence-corrected chi connectivity index (χ2v) is 6.76. The van der Waals surface area contributed by atoms with Crippen LogP contribution in [-0.2, 0) is 14.8 Å². The van der Waals surface area contributed by atoms with E-state index in [0.29, 0.717) is 6.92 Å². The van der Waals surface area contributed by atoms with Crippen molar-refractivity contribution in [1.29, 1.82) is 0 Å². The summed E-state index contributed by atoms with van der Waals surface area (Å²) in [6, 6.07) is 3.18. The molecule has 0 saturated carbocycles. The van der Waals surface area contributed by atoms with Gasteiger partial charge in [-0.25, -0.2) is 13.6 Å². The minimum absolute atomic E-state index is 0.0420. The van der Waals surface area contributed by atoms with Crippen molar-refractivity contribution in [3.05, 3.63) is 22.7 Å². The Morgan fingerprint density at radius 3 is 2.24 bits per heavy atom. The van der Waals surface area contributed by atoms with Gasteiger partial charge in [0.15, 0.2) is 5.54 Å². The minimum Gasteiger partial charge on any atom is -0.323 e. The number of hydrogen-bond acceptors (Lipinski definition) is 4. The lowest BCUT2D eigenvalue weighted by atomic mass is 10.0. The number of nitrogens with two attached hydrogens (primary N) is 2. The molecule has 118 valence electrons. The number of hydrogen-bond donors (Lipinski definition) is 3. The van der Waals surface area contributed by atoms with E-state index >= 15 is 0 Å². The van der Waals surface area contributed by atoms with Gasteiger partial charge in [0.2, 0.25) is 10.0 Å². The van der Waals surface area contributed by atoms with E-state index in [0.717, 1.165) is 18.2 Å². The molecule has 1 amide bonds. The predicted octanol–water partition coefficient (Wildman–Crippen LogP) is 1.31. The van der Waals surface area contributed by atoms with Crippen molar-refractivity contribution in [2.24, 2.45) is 10.9 Å². The van der Waals surface area contributed by atoms with Crippen LogP contribution in [0, 0.1) is 0 Å². The van der Waals surface area contributed by atoms with E-state index in [1.807, 2.05) is 5.32 Å².